The Bertz CT molecular complexity index is 1390. The van der Waals surface area contributed by atoms with E-state index in [0.29, 0.717) is 34.0 Å². The normalized spacial score (nSPS) is 15.6. The zero-order valence-electron chi connectivity index (χ0n) is 19.3. The number of carbonyl (C=O) groups excluding carboxylic acids is 1. The van der Waals surface area contributed by atoms with Crippen LogP contribution in [-0.4, -0.2) is 36.8 Å². The molecule has 1 saturated heterocycles. The number of carbonyl (C=O) groups is 2. The highest BCUT2D eigenvalue weighted by Crippen LogP contribution is 2.36. The molecule has 180 valence electrons. The molecule has 1 unspecified atom stereocenters. The summed E-state index contributed by atoms with van der Waals surface area (Å²) in [5.41, 5.74) is 1.91. The third-order valence-corrected chi connectivity index (χ3v) is 6.95. The number of aromatic nitrogens is 2. The van der Waals surface area contributed by atoms with Gasteiger partial charge in [-0.3, -0.25) is 19.2 Å². The van der Waals surface area contributed by atoms with Crippen molar-refractivity contribution in [2.45, 2.75) is 26.4 Å². The first-order valence-corrected chi connectivity index (χ1v) is 12.1. The predicted molar refractivity (Wildman–Crippen MR) is 140 cm³/mol. The molecule has 0 spiro atoms. The molecule has 0 aliphatic carbocycles. The third kappa shape index (κ3) is 4.67. The van der Waals surface area contributed by atoms with Gasteiger partial charge in [0.05, 0.1) is 16.3 Å². The Hall–Kier alpha value is -3.63. The van der Waals surface area contributed by atoms with Crippen LogP contribution in [0.15, 0.2) is 64.3 Å². The molecule has 10 heteroatoms. The van der Waals surface area contributed by atoms with Crippen LogP contribution < -0.4 is 15.2 Å². The van der Waals surface area contributed by atoms with Crippen molar-refractivity contribution in [1.29, 1.82) is 0 Å². The van der Waals surface area contributed by atoms with Gasteiger partial charge in [-0.2, -0.15) is 0 Å². The lowest BCUT2D eigenvalue weighted by atomic mass is 10.2. The summed E-state index contributed by atoms with van der Waals surface area (Å²) < 4.78 is 8.97. The number of benzene rings is 2. The van der Waals surface area contributed by atoms with Crippen LogP contribution in [0, 0.1) is 6.92 Å². The maximum Gasteiger partial charge on any atom is 0.344 e. The Morgan fingerprint density at radius 1 is 1.14 bits per heavy atom. The smallest absolute Gasteiger partial charge is 0.344 e. The monoisotopic (exact) mass is 509 g/mol. The number of para-hydroxylation sites is 1. The first kappa shape index (κ1) is 24.5. The van der Waals surface area contributed by atoms with Gasteiger partial charge in [0.1, 0.15) is 11.4 Å². The number of carboxylic acids is 1. The lowest BCUT2D eigenvalue weighted by molar-refractivity contribution is -0.145. The molecule has 8 nitrogen and oxygen atoms in total. The summed E-state index contributed by atoms with van der Waals surface area (Å²) in [5, 5.41) is 9.16. The van der Waals surface area contributed by atoms with E-state index in [4.69, 9.17) is 22.1 Å². The number of thioether (sulfide) groups is 1. The molecule has 1 N–H and O–H groups in total. The second-order valence-corrected chi connectivity index (χ2v) is 9.53. The Balaban J connectivity index is 1.62. The van der Waals surface area contributed by atoms with Crippen LogP contribution in [0.5, 0.6) is 5.75 Å². The Labute approximate surface area is 211 Å². The van der Waals surface area contributed by atoms with Crippen molar-refractivity contribution in [2.75, 3.05) is 4.90 Å². The Morgan fingerprint density at radius 2 is 1.80 bits per heavy atom. The number of amides is 1. The number of carboxylic acid groups (broad SMARTS) is 1. The van der Waals surface area contributed by atoms with Gasteiger partial charge in [0, 0.05) is 7.05 Å². The van der Waals surface area contributed by atoms with Crippen LogP contribution in [0.4, 0.5) is 5.69 Å². The number of nitrogens with zero attached hydrogens (tertiary/aromatic N) is 3. The number of ether oxygens (including phenoxy) is 1. The van der Waals surface area contributed by atoms with Crippen LogP contribution in [-0.2, 0) is 16.6 Å². The summed E-state index contributed by atoms with van der Waals surface area (Å²) in [5.74, 6) is -0.976. The molecule has 0 radical (unpaired) electrons. The average Bonchev–Trinajstić information content (AvgIpc) is 3.23. The summed E-state index contributed by atoms with van der Waals surface area (Å²) in [6.45, 7) is 3.51. The number of aliphatic carboxylic acids is 1. The molecule has 1 aromatic heterocycles. The first-order valence-electron chi connectivity index (χ1n) is 10.8. The zero-order chi connectivity index (χ0) is 25.3. The van der Waals surface area contributed by atoms with E-state index in [0.717, 1.165) is 11.8 Å². The van der Waals surface area contributed by atoms with Gasteiger partial charge in [0.15, 0.2) is 10.4 Å². The number of anilines is 1. The Kier molecular flexibility index (Phi) is 6.95. The van der Waals surface area contributed by atoms with E-state index in [1.807, 2.05) is 30.3 Å². The largest absolute Gasteiger partial charge is 0.479 e. The SMILES string of the molecule is CCC(Oc1ccc(/C=C2/SC(=S)N(c3c(C)n(C)n(-c4ccccc4)c3=O)C2=O)cc1)C(=O)O. The van der Waals surface area contributed by atoms with Gasteiger partial charge in [-0.05, 0) is 49.2 Å². The van der Waals surface area contributed by atoms with Gasteiger partial charge in [-0.15, -0.1) is 0 Å². The molecule has 1 aliphatic heterocycles. The van der Waals surface area contributed by atoms with Gasteiger partial charge >= 0.3 is 5.97 Å². The van der Waals surface area contributed by atoms with Crippen molar-refractivity contribution < 1.29 is 19.4 Å². The maximum atomic E-state index is 13.4. The van der Waals surface area contributed by atoms with E-state index in [1.54, 1.807) is 55.9 Å². The van der Waals surface area contributed by atoms with Crippen LogP contribution in [0.25, 0.3) is 11.8 Å². The van der Waals surface area contributed by atoms with E-state index in [1.165, 1.54) is 9.58 Å². The van der Waals surface area contributed by atoms with Gasteiger partial charge in [0.2, 0.25) is 0 Å². The third-order valence-electron chi connectivity index (χ3n) is 5.64. The molecule has 0 bridgehead atoms. The Morgan fingerprint density at radius 3 is 2.40 bits per heavy atom. The standard InChI is InChI=1S/C25H23N3O5S2/c1-4-19(24(31)32)33-18-12-10-16(11-13-18)14-20-22(29)27(25(34)35-20)21-15(2)26(3)28(23(21)30)17-8-6-5-7-9-17/h5-14,19H,4H2,1-3H3,(H,31,32)/b20-14+. The quantitative estimate of drug-likeness (QED) is 0.378. The minimum atomic E-state index is -1.03. The minimum Gasteiger partial charge on any atom is -0.479 e. The molecule has 0 saturated carbocycles. The van der Waals surface area contributed by atoms with Gasteiger partial charge < -0.3 is 9.84 Å². The van der Waals surface area contributed by atoms with E-state index < -0.39 is 12.1 Å². The summed E-state index contributed by atoms with van der Waals surface area (Å²) in [6, 6.07) is 15.9. The summed E-state index contributed by atoms with van der Waals surface area (Å²) >= 11 is 6.61. The summed E-state index contributed by atoms with van der Waals surface area (Å²) in [4.78, 5) is 39.5. The first-order chi connectivity index (χ1) is 16.7. The second-order valence-electron chi connectivity index (χ2n) is 7.85. The highest BCUT2D eigenvalue weighted by molar-refractivity contribution is 8.27. The van der Waals surface area contributed by atoms with Crippen LogP contribution in [0.3, 0.4) is 0 Å². The van der Waals surface area contributed by atoms with Crippen LogP contribution in [0.1, 0.15) is 24.6 Å². The van der Waals surface area contributed by atoms with Crippen molar-refractivity contribution in [3.63, 3.8) is 0 Å². The molecule has 2 heterocycles. The molecule has 1 atom stereocenters. The number of thiocarbonyl (C=S) groups is 1. The van der Waals surface area contributed by atoms with Crippen LogP contribution in [0.2, 0.25) is 0 Å². The van der Waals surface area contributed by atoms with E-state index in [-0.39, 0.29) is 21.5 Å². The summed E-state index contributed by atoms with van der Waals surface area (Å²) in [6.07, 6.45) is 1.10. The number of hydrogen-bond donors (Lipinski definition) is 1. The lowest BCUT2D eigenvalue weighted by Crippen LogP contribution is -2.33. The topological polar surface area (TPSA) is 93.8 Å². The van der Waals surface area contributed by atoms with Crippen molar-refractivity contribution in [3.05, 3.63) is 81.1 Å². The molecule has 35 heavy (non-hydrogen) atoms. The molecule has 4 rings (SSSR count). The van der Waals surface area contributed by atoms with E-state index in [9.17, 15) is 14.4 Å². The fraction of sp³-hybridized carbons (Fsp3) is 0.200. The maximum absolute atomic E-state index is 13.4. The highest BCUT2D eigenvalue weighted by atomic mass is 32.2. The molecule has 2 aromatic carbocycles. The van der Waals surface area contributed by atoms with Crippen molar-refractivity contribution in [1.82, 2.24) is 9.36 Å². The molecule has 3 aromatic rings. The fourth-order valence-corrected chi connectivity index (χ4v) is 5.01. The summed E-state index contributed by atoms with van der Waals surface area (Å²) in [7, 11) is 1.76. The van der Waals surface area contributed by atoms with Crippen molar-refractivity contribution in [3.8, 4) is 11.4 Å². The molecular weight excluding hydrogens is 486 g/mol. The minimum absolute atomic E-state index is 0.227. The van der Waals surface area contributed by atoms with Gasteiger partial charge in [-0.1, -0.05) is 61.2 Å². The van der Waals surface area contributed by atoms with E-state index >= 15 is 0 Å². The van der Waals surface area contributed by atoms with Gasteiger partial charge in [0.25, 0.3) is 11.5 Å². The highest BCUT2D eigenvalue weighted by Gasteiger charge is 2.37. The molecular formula is C25H23N3O5S2. The predicted octanol–water partition coefficient (Wildman–Crippen LogP) is 4.13. The van der Waals surface area contributed by atoms with E-state index in [2.05, 4.69) is 0 Å². The molecule has 1 fully saturated rings. The second kappa shape index (κ2) is 9.93. The van der Waals surface area contributed by atoms with Gasteiger partial charge in [-0.25, -0.2) is 9.48 Å². The zero-order valence-corrected chi connectivity index (χ0v) is 20.9. The average molecular weight is 510 g/mol. The van der Waals surface area contributed by atoms with Crippen molar-refractivity contribution in [2.24, 2.45) is 7.05 Å². The molecule has 1 amide bonds. The fourth-order valence-electron chi connectivity index (χ4n) is 3.74. The number of hydrogen-bond acceptors (Lipinski definition) is 6. The number of rotatable bonds is 7. The van der Waals surface area contributed by atoms with Crippen LogP contribution >= 0.6 is 24.0 Å². The lowest BCUT2D eigenvalue weighted by Gasteiger charge is -2.13. The molecule has 1 aliphatic rings. The van der Waals surface area contributed by atoms with Crippen molar-refractivity contribution >= 4 is 51.9 Å².